The number of para-hydroxylation sites is 1. The normalized spacial score (nSPS) is 18.8. The Bertz CT molecular complexity index is 758. The number of nitrogens with one attached hydrogen (secondary N) is 2. The van der Waals surface area contributed by atoms with E-state index >= 15 is 0 Å². The van der Waals surface area contributed by atoms with E-state index in [1.807, 2.05) is 24.3 Å². The zero-order valence-electron chi connectivity index (χ0n) is 13.4. The quantitative estimate of drug-likeness (QED) is 0.858. The van der Waals surface area contributed by atoms with Crippen molar-refractivity contribution in [3.8, 4) is 0 Å². The van der Waals surface area contributed by atoms with Crippen molar-refractivity contribution in [2.75, 3.05) is 10.6 Å². The van der Waals surface area contributed by atoms with Gasteiger partial charge in [-0.2, -0.15) is 0 Å². The van der Waals surface area contributed by atoms with E-state index in [1.54, 1.807) is 24.3 Å². The molecule has 1 aliphatic carbocycles. The first-order valence-corrected chi connectivity index (χ1v) is 8.41. The second kappa shape index (κ2) is 7.05. The van der Waals surface area contributed by atoms with Gasteiger partial charge < -0.3 is 10.6 Å². The molecule has 1 saturated carbocycles. The maximum atomic E-state index is 12.2. The minimum Gasteiger partial charge on any atom is -0.326 e. The highest BCUT2D eigenvalue weighted by molar-refractivity contribution is 6.33. The Balaban J connectivity index is 1.55. The van der Waals surface area contributed by atoms with Gasteiger partial charge in [0.15, 0.2) is 0 Å². The summed E-state index contributed by atoms with van der Waals surface area (Å²) in [5, 5.41) is 6.14. The van der Waals surface area contributed by atoms with Gasteiger partial charge in [0, 0.05) is 5.69 Å². The molecule has 1 fully saturated rings. The molecule has 1 aliphatic rings. The maximum absolute atomic E-state index is 12.2. The molecule has 0 heterocycles. The first kappa shape index (κ1) is 16.5. The SMILES string of the molecule is CCc1ccc(NC(=O)C2CC2C(=O)Nc2ccccc2Cl)cc1. The number of benzene rings is 2. The van der Waals surface area contributed by atoms with Crippen molar-refractivity contribution in [2.24, 2.45) is 11.8 Å². The Morgan fingerprint density at radius 2 is 1.62 bits per heavy atom. The Morgan fingerprint density at radius 3 is 2.25 bits per heavy atom. The van der Waals surface area contributed by atoms with Crippen molar-refractivity contribution in [2.45, 2.75) is 19.8 Å². The predicted molar refractivity (Wildman–Crippen MR) is 96.1 cm³/mol. The van der Waals surface area contributed by atoms with Crippen molar-refractivity contribution < 1.29 is 9.59 Å². The summed E-state index contributed by atoms with van der Waals surface area (Å²) in [6, 6.07) is 14.8. The minimum atomic E-state index is -0.295. The van der Waals surface area contributed by atoms with Gasteiger partial charge in [-0.1, -0.05) is 42.8 Å². The first-order valence-electron chi connectivity index (χ1n) is 8.03. The molecule has 2 atom stereocenters. The number of halogens is 1. The molecule has 0 aliphatic heterocycles. The minimum absolute atomic E-state index is 0.112. The summed E-state index contributed by atoms with van der Waals surface area (Å²) in [6.07, 6.45) is 1.52. The smallest absolute Gasteiger partial charge is 0.228 e. The van der Waals surface area contributed by atoms with Crippen LogP contribution in [0.3, 0.4) is 0 Å². The largest absolute Gasteiger partial charge is 0.326 e. The van der Waals surface area contributed by atoms with Crippen LogP contribution in [0.25, 0.3) is 0 Å². The maximum Gasteiger partial charge on any atom is 0.228 e. The Labute approximate surface area is 146 Å². The predicted octanol–water partition coefficient (Wildman–Crippen LogP) is 4.12. The number of aryl methyl sites for hydroxylation is 1. The first-order chi connectivity index (χ1) is 11.6. The topological polar surface area (TPSA) is 58.2 Å². The van der Waals surface area contributed by atoms with Crippen LogP contribution in [0.15, 0.2) is 48.5 Å². The van der Waals surface area contributed by atoms with Gasteiger partial charge in [0.2, 0.25) is 11.8 Å². The summed E-state index contributed by atoms with van der Waals surface area (Å²) in [5.74, 6) is -0.849. The molecule has 0 saturated heterocycles. The lowest BCUT2D eigenvalue weighted by atomic mass is 10.1. The van der Waals surface area contributed by atoms with Gasteiger partial charge in [-0.25, -0.2) is 0 Å². The second-order valence-electron chi connectivity index (χ2n) is 5.96. The van der Waals surface area contributed by atoms with Gasteiger partial charge in [0.25, 0.3) is 0 Å². The van der Waals surface area contributed by atoms with Gasteiger partial charge in [-0.05, 0) is 42.7 Å². The molecule has 0 bridgehead atoms. The molecule has 2 amide bonds. The third-order valence-corrected chi connectivity index (χ3v) is 4.56. The Kier molecular flexibility index (Phi) is 4.86. The van der Waals surface area contributed by atoms with E-state index in [1.165, 1.54) is 5.56 Å². The lowest BCUT2D eigenvalue weighted by Crippen LogP contribution is -2.20. The van der Waals surface area contributed by atoms with E-state index in [9.17, 15) is 9.59 Å². The van der Waals surface area contributed by atoms with Crippen LogP contribution in [-0.4, -0.2) is 11.8 Å². The molecule has 2 unspecified atom stereocenters. The molecule has 2 aromatic rings. The summed E-state index contributed by atoms with van der Waals surface area (Å²) in [6.45, 7) is 2.08. The summed E-state index contributed by atoms with van der Waals surface area (Å²) in [4.78, 5) is 24.5. The second-order valence-corrected chi connectivity index (χ2v) is 6.36. The molecular weight excluding hydrogens is 324 g/mol. The van der Waals surface area contributed by atoms with Gasteiger partial charge in [-0.3, -0.25) is 9.59 Å². The zero-order chi connectivity index (χ0) is 17.1. The Morgan fingerprint density at radius 1 is 1.00 bits per heavy atom. The van der Waals surface area contributed by atoms with E-state index < -0.39 is 0 Å². The lowest BCUT2D eigenvalue weighted by molar-refractivity contribution is -0.122. The fourth-order valence-corrected chi connectivity index (χ4v) is 2.80. The van der Waals surface area contributed by atoms with Crippen molar-refractivity contribution in [3.63, 3.8) is 0 Å². The van der Waals surface area contributed by atoms with Gasteiger partial charge >= 0.3 is 0 Å². The molecule has 5 heteroatoms. The Hall–Kier alpha value is -2.33. The zero-order valence-corrected chi connectivity index (χ0v) is 14.1. The van der Waals surface area contributed by atoms with Crippen LogP contribution < -0.4 is 10.6 Å². The molecule has 3 rings (SSSR count). The number of hydrogen-bond acceptors (Lipinski definition) is 2. The van der Waals surface area contributed by atoms with Crippen LogP contribution in [-0.2, 0) is 16.0 Å². The summed E-state index contributed by atoms with van der Waals surface area (Å²) < 4.78 is 0. The number of hydrogen-bond donors (Lipinski definition) is 2. The fraction of sp³-hybridized carbons (Fsp3) is 0.263. The number of amides is 2. The van der Waals surface area contributed by atoms with Crippen LogP contribution >= 0.6 is 11.6 Å². The number of rotatable bonds is 5. The van der Waals surface area contributed by atoms with Crippen molar-refractivity contribution in [3.05, 3.63) is 59.1 Å². The van der Waals surface area contributed by atoms with Crippen LogP contribution in [0.4, 0.5) is 11.4 Å². The molecule has 0 aromatic heterocycles. The average molecular weight is 343 g/mol. The summed E-state index contributed by atoms with van der Waals surface area (Å²) in [5.41, 5.74) is 2.55. The molecular formula is C19H19ClN2O2. The van der Waals surface area contributed by atoms with E-state index in [4.69, 9.17) is 11.6 Å². The van der Waals surface area contributed by atoms with E-state index in [0.717, 1.165) is 12.1 Å². The molecule has 124 valence electrons. The molecule has 2 aromatic carbocycles. The standard InChI is InChI=1S/C19H19ClN2O2/c1-2-12-7-9-13(10-8-12)21-18(23)14-11-15(14)19(24)22-17-6-4-3-5-16(17)20/h3-10,14-15H,2,11H2,1H3,(H,21,23)(H,22,24). The van der Waals surface area contributed by atoms with Crippen LogP contribution in [0.1, 0.15) is 18.9 Å². The van der Waals surface area contributed by atoms with E-state index in [-0.39, 0.29) is 23.7 Å². The highest BCUT2D eigenvalue weighted by atomic mass is 35.5. The van der Waals surface area contributed by atoms with E-state index in [2.05, 4.69) is 17.6 Å². The van der Waals surface area contributed by atoms with Crippen LogP contribution in [0.5, 0.6) is 0 Å². The summed E-state index contributed by atoms with van der Waals surface area (Å²) in [7, 11) is 0. The summed E-state index contributed by atoms with van der Waals surface area (Å²) >= 11 is 6.03. The monoisotopic (exact) mass is 342 g/mol. The molecule has 0 spiro atoms. The molecule has 24 heavy (non-hydrogen) atoms. The highest BCUT2D eigenvalue weighted by Gasteiger charge is 2.48. The van der Waals surface area contributed by atoms with Crippen molar-refractivity contribution in [1.82, 2.24) is 0 Å². The number of anilines is 2. The van der Waals surface area contributed by atoms with Gasteiger partial charge in [0.1, 0.15) is 0 Å². The van der Waals surface area contributed by atoms with Gasteiger partial charge in [0.05, 0.1) is 22.5 Å². The number of carbonyl (C=O) groups is 2. The number of carbonyl (C=O) groups excluding carboxylic acids is 2. The third-order valence-electron chi connectivity index (χ3n) is 4.23. The van der Waals surface area contributed by atoms with E-state index in [0.29, 0.717) is 17.1 Å². The third kappa shape index (κ3) is 3.77. The fourth-order valence-electron chi connectivity index (χ4n) is 2.62. The molecule has 2 N–H and O–H groups in total. The van der Waals surface area contributed by atoms with Crippen LogP contribution in [0, 0.1) is 11.8 Å². The highest BCUT2D eigenvalue weighted by Crippen LogP contribution is 2.40. The van der Waals surface area contributed by atoms with Crippen molar-refractivity contribution in [1.29, 1.82) is 0 Å². The average Bonchev–Trinajstić information content (AvgIpc) is 3.38. The van der Waals surface area contributed by atoms with Crippen molar-refractivity contribution >= 4 is 34.8 Å². The lowest BCUT2D eigenvalue weighted by Gasteiger charge is -2.07. The van der Waals surface area contributed by atoms with Gasteiger partial charge in [-0.15, -0.1) is 0 Å². The van der Waals surface area contributed by atoms with Crippen LogP contribution in [0.2, 0.25) is 5.02 Å². The molecule has 0 radical (unpaired) electrons. The molecule has 4 nitrogen and oxygen atoms in total.